The molecule has 1 aliphatic rings. The van der Waals surface area contributed by atoms with Crippen LogP contribution in [0.25, 0.3) is 0 Å². The van der Waals surface area contributed by atoms with Crippen molar-refractivity contribution in [1.29, 1.82) is 0 Å². The normalized spacial score (nSPS) is 16.1. The molecule has 0 spiro atoms. The molecule has 8 heteroatoms. The van der Waals surface area contributed by atoms with Gasteiger partial charge in [-0.25, -0.2) is 8.42 Å². The van der Waals surface area contributed by atoms with E-state index in [1.54, 1.807) is 32.0 Å². The fourth-order valence-corrected chi connectivity index (χ4v) is 3.93. The molecule has 0 bridgehead atoms. The number of sulfonamides is 1. The fraction of sp³-hybridized carbons (Fsp3) is 0.556. The van der Waals surface area contributed by atoms with Gasteiger partial charge in [-0.15, -0.1) is 0 Å². The van der Waals surface area contributed by atoms with E-state index >= 15 is 0 Å². The van der Waals surface area contributed by atoms with Crippen LogP contribution >= 0.6 is 0 Å². The molecule has 1 aliphatic carbocycles. The molecule has 3 N–H and O–H groups in total. The summed E-state index contributed by atoms with van der Waals surface area (Å²) in [5, 5.41) is 5.60. The fourth-order valence-electron chi connectivity index (χ4n) is 3.22. The van der Waals surface area contributed by atoms with Crippen molar-refractivity contribution in [2.75, 3.05) is 15.8 Å². The average Bonchev–Trinajstić information content (AvgIpc) is 3.09. The Hall–Kier alpha value is -2.09. The topological polar surface area (TPSA) is 104 Å². The van der Waals surface area contributed by atoms with E-state index in [1.165, 1.54) is 6.92 Å². The third kappa shape index (κ3) is 5.45. The van der Waals surface area contributed by atoms with Crippen molar-refractivity contribution >= 4 is 33.2 Å². The summed E-state index contributed by atoms with van der Waals surface area (Å²) < 4.78 is 25.9. The number of nitrogens with one attached hydrogen (secondary N) is 3. The summed E-state index contributed by atoms with van der Waals surface area (Å²) in [6, 6.07) is 4.44. The lowest BCUT2D eigenvalue weighted by Gasteiger charge is -2.23. The highest BCUT2D eigenvalue weighted by Crippen LogP contribution is 2.29. The second-order valence-electron chi connectivity index (χ2n) is 6.75. The smallest absolute Gasteiger partial charge is 0.247 e. The average molecular weight is 381 g/mol. The van der Waals surface area contributed by atoms with Crippen LogP contribution in [0.5, 0.6) is 0 Å². The first-order valence-corrected chi connectivity index (χ1v) is 10.6. The molecule has 0 radical (unpaired) electrons. The van der Waals surface area contributed by atoms with Gasteiger partial charge in [0.25, 0.3) is 0 Å². The molecular weight excluding hydrogens is 354 g/mol. The minimum absolute atomic E-state index is 0.00921. The SMILES string of the molecule is CCS(=O)(=O)Nc1ccc(NC(=O)C(NC(C)=O)C2CCCC2)cc1C. The van der Waals surface area contributed by atoms with Crippen LogP contribution in [0, 0.1) is 12.8 Å². The van der Waals surface area contributed by atoms with Crippen molar-refractivity contribution in [3.8, 4) is 0 Å². The lowest BCUT2D eigenvalue weighted by Crippen LogP contribution is -2.47. The monoisotopic (exact) mass is 381 g/mol. The molecule has 0 aliphatic heterocycles. The first-order valence-electron chi connectivity index (χ1n) is 8.91. The van der Waals surface area contributed by atoms with Crippen LogP contribution in [0.1, 0.15) is 45.1 Å². The molecule has 1 unspecified atom stereocenters. The number of benzene rings is 1. The van der Waals surface area contributed by atoms with Crippen molar-refractivity contribution in [3.63, 3.8) is 0 Å². The molecule has 1 aromatic rings. The Morgan fingerprint density at radius 2 is 1.88 bits per heavy atom. The summed E-state index contributed by atoms with van der Waals surface area (Å²) in [5.74, 6) is -0.327. The number of anilines is 2. The van der Waals surface area contributed by atoms with Crippen LogP contribution in [0.15, 0.2) is 18.2 Å². The van der Waals surface area contributed by atoms with Crippen LogP contribution < -0.4 is 15.4 Å². The number of hydrogen-bond acceptors (Lipinski definition) is 4. The highest BCUT2D eigenvalue weighted by molar-refractivity contribution is 7.92. The highest BCUT2D eigenvalue weighted by atomic mass is 32.2. The van der Waals surface area contributed by atoms with Crippen LogP contribution in [0.4, 0.5) is 11.4 Å². The Kier molecular flexibility index (Phi) is 6.63. The largest absolute Gasteiger partial charge is 0.344 e. The van der Waals surface area contributed by atoms with Crippen molar-refractivity contribution < 1.29 is 18.0 Å². The Morgan fingerprint density at radius 1 is 1.23 bits per heavy atom. The van der Waals surface area contributed by atoms with Gasteiger partial charge in [0.1, 0.15) is 6.04 Å². The molecule has 0 heterocycles. The molecule has 1 fully saturated rings. The Bertz CT molecular complexity index is 771. The van der Waals surface area contributed by atoms with E-state index in [2.05, 4.69) is 15.4 Å². The van der Waals surface area contributed by atoms with E-state index in [0.29, 0.717) is 16.9 Å². The van der Waals surface area contributed by atoms with E-state index in [1.807, 2.05) is 0 Å². The summed E-state index contributed by atoms with van der Waals surface area (Å²) in [5.41, 5.74) is 1.76. The Morgan fingerprint density at radius 3 is 2.42 bits per heavy atom. The van der Waals surface area contributed by atoms with Gasteiger partial charge in [0, 0.05) is 12.6 Å². The molecule has 0 saturated heterocycles. The van der Waals surface area contributed by atoms with E-state index in [4.69, 9.17) is 0 Å². The van der Waals surface area contributed by atoms with E-state index in [0.717, 1.165) is 25.7 Å². The predicted octanol–water partition coefficient (Wildman–Crippen LogP) is 2.39. The quantitative estimate of drug-likeness (QED) is 0.674. The molecule has 1 atom stereocenters. The second kappa shape index (κ2) is 8.53. The molecule has 7 nitrogen and oxygen atoms in total. The van der Waals surface area contributed by atoms with Crippen molar-refractivity contribution in [2.45, 2.75) is 52.5 Å². The second-order valence-corrected chi connectivity index (χ2v) is 8.76. The summed E-state index contributed by atoms with van der Waals surface area (Å²) in [6.45, 7) is 4.75. The van der Waals surface area contributed by atoms with Gasteiger partial charge in [0.15, 0.2) is 0 Å². The van der Waals surface area contributed by atoms with Crippen LogP contribution in [0.2, 0.25) is 0 Å². The highest BCUT2D eigenvalue weighted by Gasteiger charge is 2.31. The van der Waals surface area contributed by atoms with Gasteiger partial charge in [-0.1, -0.05) is 12.8 Å². The molecule has 1 aromatic carbocycles. The van der Waals surface area contributed by atoms with Crippen LogP contribution in [-0.2, 0) is 19.6 Å². The van der Waals surface area contributed by atoms with Crippen molar-refractivity contribution in [3.05, 3.63) is 23.8 Å². The molecule has 26 heavy (non-hydrogen) atoms. The van der Waals surface area contributed by atoms with Gasteiger partial charge in [-0.2, -0.15) is 0 Å². The van der Waals surface area contributed by atoms with Gasteiger partial charge in [-0.3, -0.25) is 14.3 Å². The maximum absolute atomic E-state index is 12.7. The van der Waals surface area contributed by atoms with Gasteiger partial charge in [0.05, 0.1) is 11.4 Å². The third-order valence-corrected chi connectivity index (χ3v) is 5.94. The molecule has 2 rings (SSSR count). The van der Waals surface area contributed by atoms with Gasteiger partial charge in [0.2, 0.25) is 21.8 Å². The molecule has 1 saturated carbocycles. The summed E-state index contributed by atoms with van der Waals surface area (Å²) in [4.78, 5) is 24.1. The van der Waals surface area contributed by atoms with Crippen molar-refractivity contribution in [2.24, 2.45) is 5.92 Å². The van der Waals surface area contributed by atoms with E-state index < -0.39 is 16.1 Å². The minimum Gasteiger partial charge on any atom is -0.344 e. The lowest BCUT2D eigenvalue weighted by atomic mass is 9.97. The van der Waals surface area contributed by atoms with Crippen LogP contribution in [-0.4, -0.2) is 32.0 Å². The lowest BCUT2D eigenvalue weighted by molar-refractivity contribution is -0.126. The zero-order valence-corrected chi connectivity index (χ0v) is 16.3. The maximum atomic E-state index is 12.7. The number of amides is 2. The number of aryl methyl sites for hydroxylation is 1. The third-order valence-electron chi connectivity index (χ3n) is 4.65. The first-order chi connectivity index (χ1) is 12.2. The summed E-state index contributed by atoms with van der Waals surface area (Å²) in [7, 11) is -3.35. The van der Waals surface area contributed by atoms with Gasteiger partial charge >= 0.3 is 0 Å². The van der Waals surface area contributed by atoms with Gasteiger partial charge in [-0.05, 0) is 56.4 Å². The van der Waals surface area contributed by atoms with Crippen molar-refractivity contribution in [1.82, 2.24) is 5.32 Å². The summed E-state index contributed by atoms with van der Waals surface area (Å²) >= 11 is 0. The number of rotatable bonds is 7. The zero-order valence-electron chi connectivity index (χ0n) is 15.5. The first kappa shape index (κ1) is 20.2. The van der Waals surface area contributed by atoms with E-state index in [9.17, 15) is 18.0 Å². The standard InChI is InChI=1S/C18H27N3O4S/c1-4-26(24,25)21-16-10-9-15(11-12(16)2)20-18(23)17(19-13(3)22)14-7-5-6-8-14/h9-11,14,17,21H,4-8H2,1-3H3,(H,19,22)(H,20,23). The molecule has 144 valence electrons. The maximum Gasteiger partial charge on any atom is 0.247 e. The minimum atomic E-state index is -3.35. The number of carbonyl (C=O) groups is 2. The number of hydrogen-bond donors (Lipinski definition) is 3. The Labute approximate surface area is 155 Å². The molecule has 0 aromatic heterocycles. The predicted molar refractivity (Wildman–Crippen MR) is 102 cm³/mol. The van der Waals surface area contributed by atoms with E-state index in [-0.39, 0.29) is 23.5 Å². The van der Waals surface area contributed by atoms with Gasteiger partial charge < -0.3 is 10.6 Å². The van der Waals surface area contributed by atoms with Crippen LogP contribution in [0.3, 0.4) is 0 Å². The molecular formula is C18H27N3O4S. The summed E-state index contributed by atoms with van der Waals surface area (Å²) in [6.07, 6.45) is 3.99. The number of carbonyl (C=O) groups excluding carboxylic acids is 2. The Balaban J connectivity index is 2.11. The zero-order chi connectivity index (χ0) is 19.3. The molecule has 2 amide bonds.